The van der Waals surface area contributed by atoms with E-state index in [1.54, 1.807) is 0 Å². The third kappa shape index (κ3) is 3.83. The molecule has 2 heterocycles. The summed E-state index contributed by atoms with van der Waals surface area (Å²) in [6, 6.07) is 31.4. The molecule has 6 rings (SSSR count). The fourth-order valence-corrected chi connectivity index (χ4v) is 4.88. The Hall–Kier alpha value is -4.45. The lowest BCUT2D eigenvalue weighted by Crippen LogP contribution is -2.07. The highest BCUT2D eigenvalue weighted by Crippen LogP contribution is 2.41. The second kappa shape index (κ2) is 9.06. The van der Waals surface area contributed by atoms with E-state index in [2.05, 4.69) is 105 Å². The summed E-state index contributed by atoms with van der Waals surface area (Å²) in [6.07, 6.45) is 0.833. The van der Waals surface area contributed by atoms with Crippen LogP contribution in [0.4, 0.5) is 0 Å². The molecule has 4 aromatic carbocycles. The number of tetrazole rings is 1. The van der Waals surface area contributed by atoms with Gasteiger partial charge in [0, 0.05) is 28.4 Å². The lowest BCUT2D eigenvalue weighted by Gasteiger charge is -2.12. The summed E-state index contributed by atoms with van der Waals surface area (Å²) in [4.78, 5) is 0. The molecule has 6 nitrogen and oxygen atoms in total. The van der Waals surface area contributed by atoms with Gasteiger partial charge < -0.3 is 9.30 Å². The van der Waals surface area contributed by atoms with Crippen LogP contribution in [0.1, 0.15) is 12.0 Å². The molecule has 0 fully saturated rings. The molecule has 0 atom stereocenters. The monoisotopic (exact) mass is 459 g/mol. The highest BCUT2D eigenvalue weighted by molar-refractivity contribution is 6.04. The number of ether oxygens (including phenoxy) is 1. The van der Waals surface area contributed by atoms with Crippen LogP contribution >= 0.6 is 0 Å². The number of para-hydroxylation sites is 1. The largest absolute Gasteiger partial charge is 0.493 e. The van der Waals surface area contributed by atoms with Crippen molar-refractivity contribution in [3.8, 4) is 28.4 Å². The van der Waals surface area contributed by atoms with Crippen LogP contribution < -0.4 is 4.74 Å². The van der Waals surface area contributed by atoms with Gasteiger partial charge in [-0.3, -0.25) is 0 Å². The average Bonchev–Trinajstić information content (AvgIpc) is 3.53. The van der Waals surface area contributed by atoms with Gasteiger partial charge in [-0.15, -0.1) is 10.2 Å². The van der Waals surface area contributed by atoms with Gasteiger partial charge in [-0.25, -0.2) is 0 Å². The molecule has 0 aliphatic heterocycles. The number of H-pyrrole nitrogens is 1. The van der Waals surface area contributed by atoms with Crippen LogP contribution in [0.25, 0.3) is 44.3 Å². The summed E-state index contributed by atoms with van der Waals surface area (Å²) in [6.45, 7) is 3.51. The van der Waals surface area contributed by atoms with E-state index in [-0.39, 0.29) is 0 Å². The third-order valence-electron chi connectivity index (χ3n) is 6.48. The van der Waals surface area contributed by atoms with Crippen molar-refractivity contribution in [2.24, 2.45) is 0 Å². The molecule has 0 aliphatic carbocycles. The average molecular weight is 460 g/mol. The number of aromatic amines is 1. The number of nitrogens with zero attached hydrogens (tertiary/aromatic N) is 4. The molecule has 0 unspecified atom stereocenters. The molecule has 1 N–H and O–H groups in total. The molecule has 0 amide bonds. The molecular weight excluding hydrogens is 434 g/mol. The van der Waals surface area contributed by atoms with E-state index < -0.39 is 0 Å². The summed E-state index contributed by atoms with van der Waals surface area (Å²) in [5, 5.41) is 18.7. The Kier molecular flexibility index (Phi) is 5.47. The van der Waals surface area contributed by atoms with Gasteiger partial charge in [-0.05, 0) is 47.2 Å². The standard InChI is InChI=1S/C29H25N5O/c1-20-10-2-4-13-22(20)27-24-15-6-7-16-25(24)34(28(27)29-30-32-33-31-29)18-9-19-35-26-17-8-12-21-11-3-5-14-23(21)26/h2-8,10-17H,9,18-19H2,1H3,(H,30,31,32,33). The molecule has 0 bridgehead atoms. The van der Waals surface area contributed by atoms with Gasteiger partial charge >= 0.3 is 0 Å². The molecule has 0 saturated heterocycles. The van der Waals surface area contributed by atoms with Gasteiger partial charge in [0.1, 0.15) is 5.75 Å². The Labute approximate surface area is 203 Å². The predicted molar refractivity (Wildman–Crippen MR) is 139 cm³/mol. The van der Waals surface area contributed by atoms with Crippen molar-refractivity contribution < 1.29 is 4.74 Å². The summed E-state index contributed by atoms with van der Waals surface area (Å²) in [5.41, 5.74) is 5.64. The maximum atomic E-state index is 6.23. The highest BCUT2D eigenvalue weighted by Gasteiger charge is 2.23. The Morgan fingerprint density at radius 3 is 2.46 bits per heavy atom. The van der Waals surface area contributed by atoms with Crippen LogP contribution in [0.2, 0.25) is 0 Å². The van der Waals surface area contributed by atoms with Gasteiger partial charge in [-0.2, -0.15) is 5.21 Å². The van der Waals surface area contributed by atoms with E-state index in [1.165, 1.54) is 21.9 Å². The van der Waals surface area contributed by atoms with E-state index in [0.29, 0.717) is 12.4 Å². The minimum Gasteiger partial charge on any atom is -0.493 e. The van der Waals surface area contributed by atoms with Gasteiger partial charge in [0.15, 0.2) is 0 Å². The lowest BCUT2D eigenvalue weighted by atomic mass is 9.97. The Bertz CT molecular complexity index is 1610. The van der Waals surface area contributed by atoms with Crippen LogP contribution in [0.3, 0.4) is 0 Å². The first kappa shape index (κ1) is 21.1. The Morgan fingerprint density at radius 2 is 1.60 bits per heavy atom. The summed E-state index contributed by atoms with van der Waals surface area (Å²) >= 11 is 0. The summed E-state index contributed by atoms with van der Waals surface area (Å²) in [5.74, 6) is 1.51. The van der Waals surface area contributed by atoms with Crippen LogP contribution in [-0.2, 0) is 6.54 Å². The normalized spacial score (nSPS) is 11.3. The van der Waals surface area contributed by atoms with Gasteiger partial charge in [0.25, 0.3) is 0 Å². The maximum absolute atomic E-state index is 6.23. The van der Waals surface area contributed by atoms with Gasteiger partial charge in [0.05, 0.1) is 12.3 Å². The lowest BCUT2D eigenvalue weighted by molar-refractivity contribution is 0.306. The SMILES string of the molecule is Cc1ccccc1-c1c(-c2nn[nH]n2)n(CCCOc2cccc3ccccc23)c2ccccc12. The quantitative estimate of drug-likeness (QED) is 0.280. The molecule has 0 radical (unpaired) electrons. The minimum atomic E-state index is 0.592. The second-order valence-corrected chi connectivity index (χ2v) is 8.62. The smallest absolute Gasteiger partial charge is 0.221 e. The van der Waals surface area contributed by atoms with Crippen molar-refractivity contribution in [2.45, 2.75) is 19.9 Å². The number of hydrogen-bond donors (Lipinski definition) is 1. The molecule has 35 heavy (non-hydrogen) atoms. The summed E-state index contributed by atoms with van der Waals surface area (Å²) in [7, 11) is 0. The van der Waals surface area contributed by atoms with Crippen molar-refractivity contribution in [3.63, 3.8) is 0 Å². The van der Waals surface area contributed by atoms with Crippen LogP contribution in [0, 0.1) is 6.92 Å². The molecular formula is C29H25N5O. The molecule has 0 aliphatic rings. The van der Waals surface area contributed by atoms with Crippen molar-refractivity contribution >= 4 is 21.7 Å². The van der Waals surface area contributed by atoms with E-state index in [4.69, 9.17) is 4.74 Å². The van der Waals surface area contributed by atoms with Crippen molar-refractivity contribution in [3.05, 3.63) is 96.6 Å². The summed E-state index contributed by atoms with van der Waals surface area (Å²) < 4.78 is 8.53. The highest BCUT2D eigenvalue weighted by atomic mass is 16.5. The molecule has 6 heteroatoms. The Balaban J connectivity index is 1.37. The first-order valence-electron chi connectivity index (χ1n) is 11.8. The zero-order chi connectivity index (χ0) is 23.6. The molecule has 172 valence electrons. The molecule has 2 aromatic heterocycles. The van der Waals surface area contributed by atoms with Crippen LogP contribution in [-0.4, -0.2) is 31.8 Å². The first-order valence-corrected chi connectivity index (χ1v) is 11.8. The van der Waals surface area contributed by atoms with Crippen molar-refractivity contribution in [1.82, 2.24) is 25.2 Å². The second-order valence-electron chi connectivity index (χ2n) is 8.62. The minimum absolute atomic E-state index is 0.592. The fourth-order valence-electron chi connectivity index (χ4n) is 4.88. The predicted octanol–water partition coefficient (Wildman–Crippen LogP) is 6.42. The molecule has 6 aromatic rings. The van der Waals surface area contributed by atoms with E-state index in [1.807, 2.05) is 18.2 Å². The number of aromatic nitrogens is 5. The van der Waals surface area contributed by atoms with Crippen LogP contribution in [0.15, 0.2) is 91.0 Å². The zero-order valence-electron chi connectivity index (χ0n) is 19.5. The van der Waals surface area contributed by atoms with E-state index in [0.717, 1.165) is 40.9 Å². The number of nitrogens with one attached hydrogen (secondary N) is 1. The zero-order valence-corrected chi connectivity index (χ0v) is 19.5. The van der Waals surface area contributed by atoms with Crippen molar-refractivity contribution in [1.29, 1.82) is 0 Å². The molecule has 0 spiro atoms. The van der Waals surface area contributed by atoms with Crippen molar-refractivity contribution in [2.75, 3.05) is 6.61 Å². The molecule has 0 saturated carbocycles. The fraction of sp³-hybridized carbons (Fsp3) is 0.138. The van der Waals surface area contributed by atoms with Gasteiger partial charge in [-0.1, -0.05) is 78.9 Å². The first-order chi connectivity index (χ1) is 17.3. The van der Waals surface area contributed by atoms with Crippen LogP contribution in [0.5, 0.6) is 5.75 Å². The third-order valence-corrected chi connectivity index (χ3v) is 6.48. The number of benzene rings is 4. The van der Waals surface area contributed by atoms with E-state index in [9.17, 15) is 0 Å². The maximum Gasteiger partial charge on any atom is 0.221 e. The Morgan fingerprint density at radius 1 is 0.829 bits per heavy atom. The number of hydrogen-bond acceptors (Lipinski definition) is 4. The number of aryl methyl sites for hydroxylation is 2. The number of fused-ring (bicyclic) bond motifs is 2. The van der Waals surface area contributed by atoms with Gasteiger partial charge in [0.2, 0.25) is 5.82 Å². The van der Waals surface area contributed by atoms with E-state index >= 15 is 0 Å². The topological polar surface area (TPSA) is 68.6 Å². The number of rotatable bonds is 7.